The van der Waals surface area contributed by atoms with Gasteiger partial charge >= 0.3 is 0 Å². The largest absolute Gasteiger partial charge is 0.595 e. The van der Waals surface area contributed by atoms with Crippen molar-refractivity contribution in [2.75, 3.05) is 4.72 Å². The quantitative estimate of drug-likeness (QED) is 0.430. The van der Waals surface area contributed by atoms with E-state index in [9.17, 15) is 13.6 Å². The van der Waals surface area contributed by atoms with Gasteiger partial charge in [-0.1, -0.05) is 11.3 Å². The summed E-state index contributed by atoms with van der Waals surface area (Å²) in [6.45, 7) is 0. The van der Waals surface area contributed by atoms with Crippen LogP contribution in [0, 0.1) is 5.21 Å². The molecule has 108 valence electrons. The molecule has 1 unspecified atom stereocenters. The Morgan fingerprint density at radius 2 is 2.00 bits per heavy atom. The summed E-state index contributed by atoms with van der Waals surface area (Å²) in [6, 6.07) is 6.15. The van der Waals surface area contributed by atoms with E-state index >= 15 is 0 Å². The highest BCUT2D eigenvalue weighted by molar-refractivity contribution is 8.00. The molecule has 0 bridgehead atoms. The van der Waals surface area contributed by atoms with E-state index in [0.717, 1.165) is 28.2 Å². The predicted octanol–water partition coefficient (Wildman–Crippen LogP) is -0.292. The topological polar surface area (TPSA) is 146 Å². The minimum absolute atomic E-state index is 0.182. The molecular formula is C8H9N5O4S3. The number of nitrogens with one attached hydrogen (secondary N) is 2. The Kier molecular flexibility index (Phi) is 4.54. The minimum Gasteiger partial charge on any atom is -0.595 e. The van der Waals surface area contributed by atoms with Crippen molar-refractivity contribution in [2.45, 2.75) is 9.24 Å². The van der Waals surface area contributed by atoms with Crippen LogP contribution in [-0.4, -0.2) is 23.8 Å². The lowest BCUT2D eigenvalue weighted by Gasteiger charge is -2.11. The Bertz CT molecular complexity index is 684. The fourth-order valence-electron chi connectivity index (χ4n) is 1.13. The van der Waals surface area contributed by atoms with Crippen molar-refractivity contribution in [1.29, 1.82) is 0 Å². The summed E-state index contributed by atoms with van der Waals surface area (Å²) in [7, 11) is -3.85. The molecule has 0 saturated carbocycles. The molecule has 5 N–H and O–H groups in total. The second-order valence-corrected chi connectivity index (χ2v) is 7.04. The number of nitrogens with zero attached hydrogens (tertiary/aromatic N) is 2. The van der Waals surface area contributed by atoms with Crippen molar-refractivity contribution >= 4 is 44.1 Å². The third kappa shape index (κ3) is 3.86. The molecule has 2 rings (SSSR count). The first-order valence-electron chi connectivity index (χ1n) is 4.99. The average molecular weight is 335 g/mol. The summed E-state index contributed by atoms with van der Waals surface area (Å²) >= 11 is 1.95. The Morgan fingerprint density at radius 1 is 1.35 bits per heavy atom. The molecule has 1 atom stereocenters. The number of hydrogen-bond donors (Lipinski definition) is 4. The molecule has 1 aromatic carbocycles. The number of anilines is 1. The first-order valence-corrected chi connectivity index (χ1v) is 8.17. The second kappa shape index (κ2) is 6.01. The van der Waals surface area contributed by atoms with Gasteiger partial charge in [0.15, 0.2) is 5.69 Å². The van der Waals surface area contributed by atoms with Crippen molar-refractivity contribution < 1.29 is 18.9 Å². The molecular weight excluding hydrogens is 326 g/mol. The number of primary sulfonamides is 1. The zero-order valence-electron chi connectivity index (χ0n) is 9.68. The average Bonchev–Trinajstić information content (AvgIpc) is 2.85. The van der Waals surface area contributed by atoms with Crippen molar-refractivity contribution in [2.24, 2.45) is 5.14 Å². The minimum atomic E-state index is -3.85. The van der Waals surface area contributed by atoms with Crippen molar-refractivity contribution in [3.05, 3.63) is 29.5 Å². The molecule has 0 radical (unpaired) electrons. The molecule has 0 aliphatic heterocycles. The molecule has 2 aromatic rings. The van der Waals surface area contributed by atoms with Crippen LogP contribution >= 0.6 is 23.3 Å². The standard InChI is InChI=1S/C8H9N5O4S3/c9-20(16,17)8-11-10-7(18-8)12-19-6-3-1-5(2-4-6)13(14)15/h1-4,13-14H,(H,10,12)(H2,9,16,17). The van der Waals surface area contributed by atoms with Gasteiger partial charge in [0.2, 0.25) is 9.47 Å². The third-order valence-electron chi connectivity index (χ3n) is 2.01. The predicted molar refractivity (Wildman–Crippen MR) is 73.0 cm³/mol. The van der Waals surface area contributed by atoms with E-state index in [1.54, 1.807) is 12.1 Å². The summed E-state index contributed by atoms with van der Waals surface area (Å²) in [5.41, 5.74) is 0.182. The van der Waals surface area contributed by atoms with Crippen molar-refractivity contribution in [3.63, 3.8) is 0 Å². The van der Waals surface area contributed by atoms with Gasteiger partial charge in [-0.15, -0.1) is 10.2 Å². The summed E-state index contributed by atoms with van der Waals surface area (Å²) in [6.07, 6.45) is 0. The molecule has 0 saturated heterocycles. The molecule has 1 aromatic heterocycles. The van der Waals surface area contributed by atoms with Gasteiger partial charge in [0.25, 0.3) is 10.0 Å². The van der Waals surface area contributed by atoms with Gasteiger partial charge in [0.1, 0.15) is 0 Å². The summed E-state index contributed by atoms with van der Waals surface area (Å²) < 4.78 is 24.6. The van der Waals surface area contributed by atoms with Crippen LogP contribution < -0.4 is 15.1 Å². The van der Waals surface area contributed by atoms with E-state index in [0.29, 0.717) is 0 Å². The van der Waals surface area contributed by atoms with E-state index in [1.165, 1.54) is 12.1 Å². The highest BCUT2D eigenvalue weighted by Crippen LogP contribution is 2.25. The van der Waals surface area contributed by atoms with Gasteiger partial charge in [-0.3, -0.25) is 0 Å². The number of nitrogens with two attached hydrogens (primary N) is 1. The van der Waals surface area contributed by atoms with E-state index in [1.807, 2.05) is 0 Å². The van der Waals surface area contributed by atoms with Gasteiger partial charge in [0.05, 0.1) is 0 Å². The molecule has 0 aliphatic carbocycles. The smallest absolute Gasteiger partial charge is 0.267 e. The van der Waals surface area contributed by atoms with Crippen LogP contribution in [0.2, 0.25) is 0 Å². The fourth-order valence-corrected chi connectivity index (χ4v) is 3.13. The van der Waals surface area contributed by atoms with Crippen LogP contribution in [0.5, 0.6) is 0 Å². The summed E-state index contributed by atoms with van der Waals surface area (Å²) in [5.74, 6) is 0. The number of quaternary nitrogens is 1. The van der Waals surface area contributed by atoms with Crippen LogP contribution in [0.1, 0.15) is 0 Å². The van der Waals surface area contributed by atoms with E-state index in [-0.39, 0.29) is 15.2 Å². The first kappa shape index (κ1) is 15.1. The maximum atomic E-state index is 11.0. The molecule has 0 spiro atoms. The van der Waals surface area contributed by atoms with Gasteiger partial charge in [-0.2, -0.15) is 5.23 Å². The maximum Gasteiger partial charge on any atom is 0.267 e. The lowest BCUT2D eigenvalue weighted by atomic mass is 10.3. The van der Waals surface area contributed by atoms with E-state index in [4.69, 9.17) is 10.3 Å². The Morgan fingerprint density at radius 3 is 2.50 bits per heavy atom. The molecule has 1 heterocycles. The highest BCUT2D eigenvalue weighted by Gasteiger charge is 2.15. The van der Waals surface area contributed by atoms with Crippen LogP contribution in [-0.2, 0) is 10.0 Å². The van der Waals surface area contributed by atoms with Gasteiger partial charge in [0, 0.05) is 17.0 Å². The zero-order chi connectivity index (χ0) is 14.8. The fraction of sp³-hybridized carbons (Fsp3) is 0. The Labute approximate surface area is 122 Å². The third-order valence-corrected chi connectivity index (χ3v) is 5.09. The van der Waals surface area contributed by atoms with Crippen LogP contribution in [0.15, 0.2) is 33.5 Å². The Balaban J connectivity index is 2.00. The highest BCUT2D eigenvalue weighted by atomic mass is 32.2. The molecule has 12 heteroatoms. The normalized spacial score (nSPS) is 13.2. The number of hydrogen-bond acceptors (Lipinski definition) is 9. The van der Waals surface area contributed by atoms with Crippen molar-refractivity contribution in [3.8, 4) is 0 Å². The van der Waals surface area contributed by atoms with Crippen molar-refractivity contribution in [1.82, 2.24) is 10.2 Å². The number of rotatable bonds is 5. The molecule has 20 heavy (non-hydrogen) atoms. The van der Waals surface area contributed by atoms with Crippen LogP contribution in [0.4, 0.5) is 10.8 Å². The van der Waals surface area contributed by atoms with E-state index in [2.05, 4.69) is 14.9 Å². The van der Waals surface area contributed by atoms with E-state index < -0.39 is 15.2 Å². The van der Waals surface area contributed by atoms with Crippen LogP contribution in [0.25, 0.3) is 0 Å². The van der Waals surface area contributed by atoms with Gasteiger partial charge in [-0.05, 0) is 24.1 Å². The van der Waals surface area contributed by atoms with Crippen LogP contribution in [0.3, 0.4) is 0 Å². The molecule has 9 nitrogen and oxygen atoms in total. The molecule has 0 fully saturated rings. The first-order chi connectivity index (χ1) is 9.36. The van der Waals surface area contributed by atoms with Gasteiger partial charge < -0.3 is 9.93 Å². The lowest BCUT2D eigenvalue weighted by molar-refractivity contribution is -0.991. The number of benzene rings is 1. The summed E-state index contributed by atoms with van der Waals surface area (Å²) in [5, 5.41) is 30.7. The molecule has 0 amide bonds. The number of aromatic nitrogens is 2. The Hall–Kier alpha value is -1.28. The monoisotopic (exact) mass is 335 g/mol. The second-order valence-electron chi connectivity index (χ2n) is 3.45. The van der Waals surface area contributed by atoms with Gasteiger partial charge in [-0.25, -0.2) is 18.8 Å². The SMILES string of the molecule is NS(=O)(=O)c1nnc(NSc2ccc([NH+]([O-])O)cc2)s1. The summed E-state index contributed by atoms with van der Waals surface area (Å²) in [4.78, 5) is 0.738. The lowest BCUT2D eigenvalue weighted by Crippen LogP contribution is -2.99. The maximum absolute atomic E-state index is 11.0. The zero-order valence-corrected chi connectivity index (χ0v) is 12.1. The number of sulfonamides is 1. The molecule has 0 aliphatic rings.